The second kappa shape index (κ2) is 7.41. The SMILES string of the molecule is Cc1csc(CNC(=O)Nc2ccc(N3CCCCC3)nc2)n1. The first-order chi connectivity index (χ1) is 11.2. The first kappa shape index (κ1) is 15.7. The summed E-state index contributed by atoms with van der Waals surface area (Å²) < 4.78 is 0. The van der Waals surface area contributed by atoms with Gasteiger partial charge in [-0.15, -0.1) is 11.3 Å². The Kier molecular flexibility index (Phi) is 5.07. The molecule has 23 heavy (non-hydrogen) atoms. The molecule has 0 spiro atoms. The van der Waals surface area contributed by atoms with Crippen LogP contribution in [0.5, 0.6) is 0 Å². The third-order valence-electron chi connectivity index (χ3n) is 3.75. The van der Waals surface area contributed by atoms with Gasteiger partial charge in [-0.2, -0.15) is 0 Å². The standard InChI is InChI=1S/C16H21N5OS/c1-12-11-23-15(19-12)10-18-16(22)20-13-5-6-14(17-9-13)21-7-3-2-4-8-21/h5-6,9,11H,2-4,7-8,10H2,1H3,(H2,18,20,22). The minimum atomic E-state index is -0.245. The fourth-order valence-corrected chi connectivity index (χ4v) is 3.30. The number of aryl methyl sites for hydroxylation is 1. The molecule has 0 unspecified atom stereocenters. The van der Waals surface area contributed by atoms with Crippen LogP contribution >= 0.6 is 11.3 Å². The number of carbonyl (C=O) groups excluding carboxylic acids is 1. The summed E-state index contributed by atoms with van der Waals surface area (Å²) in [6.45, 7) is 4.50. The molecule has 122 valence electrons. The minimum absolute atomic E-state index is 0.245. The van der Waals surface area contributed by atoms with Crippen LogP contribution in [0.15, 0.2) is 23.7 Å². The van der Waals surface area contributed by atoms with Crippen LogP contribution in [0.1, 0.15) is 30.0 Å². The smallest absolute Gasteiger partial charge is 0.319 e. The van der Waals surface area contributed by atoms with Crippen LogP contribution in [0.4, 0.5) is 16.3 Å². The van der Waals surface area contributed by atoms with E-state index < -0.39 is 0 Å². The van der Waals surface area contributed by atoms with E-state index in [9.17, 15) is 4.79 Å². The van der Waals surface area contributed by atoms with Crippen molar-refractivity contribution in [2.75, 3.05) is 23.3 Å². The van der Waals surface area contributed by atoms with Crippen molar-refractivity contribution in [1.29, 1.82) is 0 Å². The lowest BCUT2D eigenvalue weighted by atomic mass is 10.1. The van der Waals surface area contributed by atoms with Crippen LogP contribution in [0.2, 0.25) is 0 Å². The van der Waals surface area contributed by atoms with Crippen molar-refractivity contribution in [3.8, 4) is 0 Å². The molecule has 0 radical (unpaired) electrons. The zero-order valence-corrected chi connectivity index (χ0v) is 14.0. The number of hydrogen-bond donors (Lipinski definition) is 2. The molecule has 0 saturated carbocycles. The van der Waals surface area contributed by atoms with Gasteiger partial charge in [-0.05, 0) is 38.3 Å². The summed E-state index contributed by atoms with van der Waals surface area (Å²) in [5.74, 6) is 0.980. The fraction of sp³-hybridized carbons (Fsp3) is 0.438. The average Bonchev–Trinajstić information content (AvgIpc) is 3.00. The van der Waals surface area contributed by atoms with Gasteiger partial charge in [0, 0.05) is 24.2 Å². The Morgan fingerprint density at radius 1 is 1.30 bits per heavy atom. The van der Waals surface area contributed by atoms with Crippen LogP contribution in [0.3, 0.4) is 0 Å². The maximum atomic E-state index is 11.9. The molecular weight excluding hydrogens is 310 g/mol. The number of piperidine rings is 1. The summed E-state index contributed by atoms with van der Waals surface area (Å²) in [6, 6.07) is 3.61. The Labute approximate surface area is 140 Å². The molecule has 1 saturated heterocycles. The van der Waals surface area contributed by atoms with Crippen LogP contribution in [-0.2, 0) is 6.54 Å². The lowest BCUT2D eigenvalue weighted by Gasteiger charge is -2.27. The number of hydrogen-bond acceptors (Lipinski definition) is 5. The molecule has 2 aromatic rings. The number of nitrogens with one attached hydrogen (secondary N) is 2. The molecular formula is C16H21N5OS. The summed E-state index contributed by atoms with van der Waals surface area (Å²) in [5, 5.41) is 8.46. The van der Waals surface area contributed by atoms with Gasteiger partial charge in [-0.25, -0.2) is 14.8 Å². The van der Waals surface area contributed by atoms with Crippen LogP contribution in [0, 0.1) is 6.92 Å². The predicted molar refractivity (Wildman–Crippen MR) is 93.0 cm³/mol. The normalized spacial score (nSPS) is 14.6. The van der Waals surface area contributed by atoms with Crippen LogP contribution in [-0.4, -0.2) is 29.1 Å². The molecule has 6 nitrogen and oxygen atoms in total. The highest BCUT2D eigenvalue weighted by molar-refractivity contribution is 7.09. The third-order valence-corrected chi connectivity index (χ3v) is 4.72. The summed E-state index contributed by atoms with van der Waals surface area (Å²) in [7, 11) is 0. The molecule has 2 amide bonds. The van der Waals surface area contributed by atoms with Gasteiger partial charge in [-0.1, -0.05) is 0 Å². The zero-order chi connectivity index (χ0) is 16.1. The van der Waals surface area contributed by atoms with Crippen molar-refractivity contribution in [1.82, 2.24) is 15.3 Å². The zero-order valence-electron chi connectivity index (χ0n) is 13.2. The fourth-order valence-electron chi connectivity index (χ4n) is 2.59. The van der Waals surface area contributed by atoms with Crippen LogP contribution < -0.4 is 15.5 Å². The number of pyridine rings is 1. The molecule has 3 heterocycles. The van der Waals surface area contributed by atoms with Crippen molar-refractivity contribution < 1.29 is 4.79 Å². The highest BCUT2D eigenvalue weighted by Gasteiger charge is 2.12. The van der Waals surface area contributed by atoms with E-state index in [4.69, 9.17) is 0 Å². The molecule has 1 aliphatic heterocycles. The monoisotopic (exact) mass is 331 g/mol. The van der Waals surface area contributed by atoms with Crippen molar-refractivity contribution >= 4 is 28.9 Å². The van der Waals surface area contributed by atoms with Gasteiger partial charge in [0.25, 0.3) is 0 Å². The van der Waals surface area contributed by atoms with Gasteiger partial charge in [0.05, 0.1) is 18.4 Å². The largest absolute Gasteiger partial charge is 0.357 e. The molecule has 3 rings (SSSR count). The maximum Gasteiger partial charge on any atom is 0.319 e. The molecule has 2 N–H and O–H groups in total. The van der Waals surface area contributed by atoms with E-state index in [2.05, 4.69) is 25.5 Å². The highest BCUT2D eigenvalue weighted by atomic mass is 32.1. The van der Waals surface area contributed by atoms with E-state index in [1.807, 2.05) is 24.4 Å². The van der Waals surface area contributed by atoms with Crippen molar-refractivity contribution in [2.24, 2.45) is 0 Å². The quantitative estimate of drug-likeness (QED) is 0.903. The molecule has 7 heteroatoms. The molecule has 1 fully saturated rings. The summed E-state index contributed by atoms with van der Waals surface area (Å²) in [4.78, 5) is 22.9. The summed E-state index contributed by atoms with van der Waals surface area (Å²) in [5.41, 5.74) is 1.67. The van der Waals surface area contributed by atoms with Gasteiger partial charge < -0.3 is 15.5 Å². The Morgan fingerprint density at radius 3 is 2.78 bits per heavy atom. The topological polar surface area (TPSA) is 70.2 Å². The molecule has 0 bridgehead atoms. The minimum Gasteiger partial charge on any atom is -0.357 e. The molecule has 0 aromatic carbocycles. The number of nitrogens with zero attached hydrogens (tertiary/aromatic N) is 3. The number of thiazole rings is 1. The maximum absolute atomic E-state index is 11.9. The summed E-state index contributed by atoms with van der Waals surface area (Å²) >= 11 is 1.54. The van der Waals surface area contributed by atoms with Gasteiger partial charge in [0.15, 0.2) is 0 Å². The number of aromatic nitrogens is 2. The lowest BCUT2D eigenvalue weighted by Crippen LogP contribution is -2.30. The van der Waals surface area contributed by atoms with Crippen molar-refractivity contribution in [2.45, 2.75) is 32.7 Å². The van der Waals surface area contributed by atoms with Gasteiger partial charge >= 0.3 is 6.03 Å². The van der Waals surface area contributed by atoms with E-state index in [0.29, 0.717) is 12.2 Å². The Balaban J connectivity index is 1.50. The number of urea groups is 1. The van der Waals surface area contributed by atoms with E-state index in [-0.39, 0.29) is 6.03 Å². The third kappa shape index (κ3) is 4.41. The predicted octanol–water partition coefficient (Wildman–Crippen LogP) is 3.16. The average molecular weight is 331 g/mol. The Bertz CT molecular complexity index is 649. The molecule has 2 aromatic heterocycles. The number of carbonyl (C=O) groups is 1. The van der Waals surface area contributed by atoms with Gasteiger partial charge in [0.1, 0.15) is 10.8 Å². The van der Waals surface area contributed by atoms with E-state index in [1.165, 1.54) is 19.3 Å². The van der Waals surface area contributed by atoms with Crippen molar-refractivity contribution in [3.05, 3.63) is 34.4 Å². The molecule has 0 atom stereocenters. The number of anilines is 2. The molecule has 1 aliphatic rings. The van der Waals surface area contributed by atoms with Crippen LogP contribution in [0.25, 0.3) is 0 Å². The lowest BCUT2D eigenvalue weighted by molar-refractivity contribution is 0.251. The van der Waals surface area contributed by atoms with E-state index in [0.717, 1.165) is 29.6 Å². The first-order valence-electron chi connectivity index (χ1n) is 7.87. The second-order valence-corrected chi connectivity index (χ2v) is 6.59. The van der Waals surface area contributed by atoms with E-state index in [1.54, 1.807) is 17.5 Å². The van der Waals surface area contributed by atoms with Gasteiger partial charge in [-0.3, -0.25) is 0 Å². The highest BCUT2D eigenvalue weighted by Crippen LogP contribution is 2.18. The Morgan fingerprint density at radius 2 is 2.13 bits per heavy atom. The number of amides is 2. The second-order valence-electron chi connectivity index (χ2n) is 5.64. The molecule has 0 aliphatic carbocycles. The van der Waals surface area contributed by atoms with E-state index >= 15 is 0 Å². The first-order valence-corrected chi connectivity index (χ1v) is 8.75. The van der Waals surface area contributed by atoms with Crippen molar-refractivity contribution in [3.63, 3.8) is 0 Å². The summed E-state index contributed by atoms with van der Waals surface area (Å²) in [6.07, 6.45) is 5.45. The van der Waals surface area contributed by atoms with Gasteiger partial charge in [0.2, 0.25) is 0 Å². The number of rotatable bonds is 4. The Hall–Kier alpha value is -2.15.